The van der Waals surface area contributed by atoms with Crippen LogP contribution in [0.1, 0.15) is 5.56 Å². The van der Waals surface area contributed by atoms with Crippen LogP contribution in [0.25, 0.3) is 0 Å². The Morgan fingerprint density at radius 2 is 1.79 bits per heavy atom. The van der Waals surface area contributed by atoms with Gasteiger partial charge in [0.25, 0.3) is 0 Å². The van der Waals surface area contributed by atoms with Crippen molar-refractivity contribution >= 4 is 11.6 Å². The van der Waals surface area contributed by atoms with E-state index in [2.05, 4.69) is 22.3 Å². The molecule has 1 aromatic rings. The van der Waals surface area contributed by atoms with Crippen LogP contribution in [-0.2, 0) is 6.54 Å². The molecule has 1 aliphatic rings. The zero-order chi connectivity index (χ0) is 9.80. The van der Waals surface area contributed by atoms with E-state index >= 15 is 0 Å². The van der Waals surface area contributed by atoms with E-state index in [9.17, 15) is 0 Å². The lowest BCUT2D eigenvalue weighted by atomic mass is 10.2. The molecule has 0 saturated carbocycles. The molecule has 1 fully saturated rings. The molecule has 1 N–H and O–H groups in total. The largest absolute Gasteiger partial charge is 0.306 e. The molecule has 2 nitrogen and oxygen atoms in total. The molecule has 0 atom stereocenters. The maximum Gasteiger partial charge on any atom is 0.148 e. The molecule has 0 aromatic heterocycles. The highest BCUT2D eigenvalue weighted by atomic mass is 35.5. The molecule has 1 aromatic carbocycles. The van der Waals surface area contributed by atoms with Crippen LogP contribution in [0.5, 0.6) is 0 Å². The molecule has 1 radical (unpaired) electrons. The van der Waals surface area contributed by atoms with Gasteiger partial charge in [0.15, 0.2) is 0 Å². The highest BCUT2D eigenvalue weighted by molar-refractivity contribution is 6.30. The third-order valence-electron chi connectivity index (χ3n) is 2.53. The number of benzene rings is 1. The lowest BCUT2D eigenvalue weighted by Crippen LogP contribution is -2.46. The predicted octanol–water partition coefficient (Wildman–Crippen LogP) is 1.58. The number of nitrogens with one attached hydrogen (secondary N) is 1. The van der Waals surface area contributed by atoms with Gasteiger partial charge in [-0.2, -0.15) is 4.90 Å². The highest BCUT2D eigenvalue weighted by Gasteiger charge is 2.18. The molecule has 2 rings (SSSR count). The van der Waals surface area contributed by atoms with Gasteiger partial charge in [-0.25, -0.2) is 0 Å². The van der Waals surface area contributed by atoms with Gasteiger partial charge in [0.05, 0.1) is 0 Å². The van der Waals surface area contributed by atoms with Crippen LogP contribution in [-0.4, -0.2) is 26.2 Å². The summed E-state index contributed by atoms with van der Waals surface area (Å²) in [6.07, 6.45) is 0. The lowest BCUT2D eigenvalue weighted by Gasteiger charge is -2.17. The monoisotopic (exact) mass is 210 g/mol. The Hall–Kier alpha value is -0.570. The van der Waals surface area contributed by atoms with E-state index in [0.717, 1.165) is 37.7 Å². The predicted molar refractivity (Wildman–Crippen MR) is 59.9 cm³/mol. The number of hydrogen-bond donors (Lipinski definition) is 1. The average molecular weight is 211 g/mol. The van der Waals surface area contributed by atoms with Crippen LogP contribution < -0.4 is 10.2 Å². The molecule has 1 saturated heterocycles. The molecule has 3 heteroatoms. The van der Waals surface area contributed by atoms with Gasteiger partial charge in [-0.3, -0.25) is 0 Å². The van der Waals surface area contributed by atoms with Crippen LogP contribution in [0.15, 0.2) is 24.3 Å². The number of hydrogen-bond acceptors (Lipinski definition) is 2. The second-order valence-electron chi connectivity index (χ2n) is 3.65. The van der Waals surface area contributed by atoms with Gasteiger partial charge < -0.3 is 5.32 Å². The van der Waals surface area contributed by atoms with E-state index < -0.39 is 0 Å². The minimum Gasteiger partial charge on any atom is -0.306 e. The van der Waals surface area contributed by atoms with Gasteiger partial charge in [0.1, 0.15) is 19.6 Å². The summed E-state index contributed by atoms with van der Waals surface area (Å²) in [6, 6.07) is 8.12. The summed E-state index contributed by atoms with van der Waals surface area (Å²) < 4.78 is 0. The zero-order valence-corrected chi connectivity index (χ0v) is 8.93. The van der Waals surface area contributed by atoms with E-state index in [-0.39, 0.29) is 0 Å². The summed E-state index contributed by atoms with van der Waals surface area (Å²) in [5.41, 5.74) is 1.34. The number of halogens is 1. The van der Waals surface area contributed by atoms with Crippen LogP contribution >= 0.6 is 11.6 Å². The molecular weight excluding hydrogens is 196 g/mol. The first-order valence-electron chi connectivity index (χ1n) is 5.02. The summed E-state index contributed by atoms with van der Waals surface area (Å²) in [5, 5.41) is 4.16. The first-order valence-corrected chi connectivity index (χ1v) is 5.40. The Labute approximate surface area is 89.9 Å². The third-order valence-corrected chi connectivity index (χ3v) is 2.78. The summed E-state index contributed by atoms with van der Waals surface area (Å²) in [5.74, 6) is 0. The number of nitrogens with zero attached hydrogens (tertiary/aromatic N) is 1. The summed E-state index contributed by atoms with van der Waals surface area (Å²) in [6.45, 7) is 5.53. The van der Waals surface area contributed by atoms with Crippen molar-refractivity contribution in [3.63, 3.8) is 0 Å². The minimum atomic E-state index is 0.814. The molecule has 0 spiro atoms. The third kappa shape index (κ3) is 2.71. The summed E-state index contributed by atoms with van der Waals surface area (Å²) in [7, 11) is 0. The van der Waals surface area contributed by atoms with Gasteiger partial charge in [-0.05, 0) is 12.1 Å². The Bertz CT molecular complexity index is 278. The van der Waals surface area contributed by atoms with Crippen LogP contribution in [0.4, 0.5) is 0 Å². The van der Waals surface area contributed by atoms with E-state index in [0.29, 0.717) is 0 Å². The second kappa shape index (κ2) is 4.78. The van der Waals surface area contributed by atoms with Gasteiger partial charge >= 0.3 is 0 Å². The van der Waals surface area contributed by atoms with Crippen molar-refractivity contribution in [2.24, 2.45) is 0 Å². The van der Waals surface area contributed by atoms with Crippen molar-refractivity contribution in [2.75, 3.05) is 26.2 Å². The Morgan fingerprint density at radius 1 is 1.14 bits per heavy atom. The maximum atomic E-state index is 5.83. The van der Waals surface area contributed by atoms with Crippen molar-refractivity contribution in [2.45, 2.75) is 6.54 Å². The molecule has 1 heterocycles. The fraction of sp³-hybridized carbons (Fsp3) is 0.455. The quantitative estimate of drug-likeness (QED) is 0.735. The van der Waals surface area contributed by atoms with Gasteiger partial charge in [-0.1, -0.05) is 23.7 Å². The average Bonchev–Trinajstić information content (AvgIpc) is 2.23. The maximum absolute atomic E-state index is 5.83. The number of rotatable bonds is 2. The summed E-state index contributed by atoms with van der Waals surface area (Å²) >= 11 is 5.83. The van der Waals surface area contributed by atoms with E-state index in [4.69, 9.17) is 11.6 Å². The molecular formula is C11H15ClN2+. The minimum absolute atomic E-state index is 0.814. The molecule has 0 unspecified atom stereocenters. The van der Waals surface area contributed by atoms with Gasteiger partial charge in [-0.15, -0.1) is 0 Å². The Kier molecular flexibility index (Phi) is 3.40. The van der Waals surface area contributed by atoms with E-state index in [1.54, 1.807) is 0 Å². The summed E-state index contributed by atoms with van der Waals surface area (Å²) in [4.78, 5) is 2.46. The Balaban J connectivity index is 1.92. The fourth-order valence-corrected chi connectivity index (χ4v) is 1.84. The second-order valence-corrected chi connectivity index (χ2v) is 4.09. The van der Waals surface area contributed by atoms with Crippen molar-refractivity contribution in [3.05, 3.63) is 34.9 Å². The molecule has 0 amide bonds. The van der Waals surface area contributed by atoms with E-state index in [1.807, 2.05) is 12.1 Å². The molecule has 0 aliphatic carbocycles. The van der Waals surface area contributed by atoms with Crippen LogP contribution in [0, 0.1) is 0 Å². The lowest BCUT2D eigenvalue weighted by molar-refractivity contribution is 0.350. The Morgan fingerprint density at radius 3 is 2.43 bits per heavy atom. The fourth-order valence-electron chi connectivity index (χ4n) is 1.72. The van der Waals surface area contributed by atoms with Crippen molar-refractivity contribution < 1.29 is 0 Å². The van der Waals surface area contributed by atoms with Crippen LogP contribution in [0.3, 0.4) is 0 Å². The van der Waals surface area contributed by atoms with Crippen LogP contribution in [0.2, 0.25) is 5.02 Å². The van der Waals surface area contributed by atoms with Crippen molar-refractivity contribution in [3.8, 4) is 0 Å². The van der Waals surface area contributed by atoms with Gasteiger partial charge in [0.2, 0.25) is 0 Å². The highest BCUT2D eigenvalue weighted by Crippen LogP contribution is 2.10. The first-order chi connectivity index (χ1) is 6.84. The van der Waals surface area contributed by atoms with Gasteiger partial charge in [0, 0.05) is 23.7 Å². The molecule has 0 bridgehead atoms. The topological polar surface area (TPSA) is 17.9 Å². The van der Waals surface area contributed by atoms with E-state index in [1.165, 1.54) is 5.56 Å². The first kappa shape index (κ1) is 9.97. The zero-order valence-electron chi connectivity index (χ0n) is 8.17. The molecule has 75 valence electrons. The standard InChI is InChI=1S/C11H15ClN2/c12-11-3-1-10(2-4-11)9-14-7-5-13-6-8-14/h1-4,13H,5-9H2/q+1. The SMILES string of the molecule is Clc1ccc(C[N+]2CCNCC2)cc1. The molecule has 14 heavy (non-hydrogen) atoms. The normalized spacial score (nSPS) is 18.4. The van der Waals surface area contributed by atoms with Crippen molar-refractivity contribution in [1.29, 1.82) is 0 Å². The number of piperazine rings is 1. The smallest absolute Gasteiger partial charge is 0.148 e. The molecule has 1 aliphatic heterocycles. The van der Waals surface area contributed by atoms with Crippen molar-refractivity contribution in [1.82, 2.24) is 10.2 Å².